The van der Waals surface area contributed by atoms with E-state index in [1.165, 1.54) is 35.2 Å². The van der Waals surface area contributed by atoms with E-state index in [2.05, 4.69) is 15.5 Å². The van der Waals surface area contributed by atoms with Crippen LogP contribution in [0.3, 0.4) is 0 Å². The molecule has 0 spiro atoms. The van der Waals surface area contributed by atoms with E-state index >= 15 is 0 Å². The van der Waals surface area contributed by atoms with E-state index in [-0.39, 0.29) is 22.8 Å². The van der Waals surface area contributed by atoms with Gasteiger partial charge in [-0.05, 0) is 55.3 Å². The first-order chi connectivity index (χ1) is 14.4. The molecular formula is C21H19FN4O2S2. The normalized spacial score (nSPS) is 13.8. The molecular weight excluding hydrogens is 423 g/mol. The number of nitrogens with zero attached hydrogens (tertiary/aromatic N) is 3. The van der Waals surface area contributed by atoms with Gasteiger partial charge in [-0.3, -0.25) is 9.59 Å². The van der Waals surface area contributed by atoms with E-state index in [9.17, 15) is 14.0 Å². The molecule has 3 aromatic rings. The Morgan fingerprint density at radius 1 is 1.23 bits per heavy atom. The van der Waals surface area contributed by atoms with Crippen LogP contribution in [-0.4, -0.2) is 33.7 Å². The lowest BCUT2D eigenvalue weighted by Crippen LogP contribution is -2.25. The lowest BCUT2D eigenvalue weighted by molar-refractivity contribution is -0.116. The first-order valence-corrected chi connectivity index (χ1v) is 11.1. The highest BCUT2D eigenvalue weighted by molar-refractivity contribution is 8.02. The van der Waals surface area contributed by atoms with Gasteiger partial charge >= 0.3 is 0 Å². The summed E-state index contributed by atoms with van der Waals surface area (Å²) in [6.45, 7) is 4.04. The molecule has 1 aliphatic heterocycles. The van der Waals surface area contributed by atoms with Crippen molar-refractivity contribution in [2.24, 2.45) is 0 Å². The molecule has 1 atom stereocenters. The minimum Gasteiger partial charge on any atom is -0.330 e. The minimum absolute atomic E-state index is 0.00100. The molecule has 0 saturated carbocycles. The first kappa shape index (κ1) is 20.5. The van der Waals surface area contributed by atoms with Gasteiger partial charge in [0.15, 0.2) is 10.1 Å². The number of nitrogens with one attached hydrogen (secondary N) is 1. The molecule has 0 saturated heterocycles. The molecule has 30 heavy (non-hydrogen) atoms. The molecule has 0 fully saturated rings. The van der Waals surface area contributed by atoms with Crippen LogP contribution in [0.15, 0.2) is 46.8 Å². The summed E-state index contributed by atoms with van der Waals surface area (Å²) in [5.41, 5.74) is 3.12. The Kier molecular flexibility index (Phi) is 5.83. The third-order valence-electron chi connectivity index (χ3n) is 4.77. The summed E-state index contributed by atoms with van der Waals surface area (Å²) in [5, 5.41) is 11.4. The van der Waals surface area contributed by atoms with E-state index in [1.54, 1.807) is 30.0 Å². The summed E-state index contributed by atoms with van der Waals surface area (Å²) in [7, 11) is 0. The summed E-state index contributed by atoms with van der Waals surface area (Å²) in [6.07, 6.45) is 0.753. The van der Waals surface area contributed by atoms with Crippen molar-refractivity contribution in [2.45, 2.75) is 29.9 Å². The van der Waals surface area contributed by atoms with Gasteiger partial charge in [-0.15, -0.1) is 10.2 Å². The Balaban J connectivity index is 1.42. The first-order valence-electron chi connectivity index (χ1n) is 9.38. The average Bonchev–Trinajstić information content (AvgIpc) is 3.33. The molecule has 4 rings (SSSR count). The number of Topliss-reactive ketones (excluding diaryl/α,β-unsaturated/α-hetero) is 1. The average molecular weight is 443 g/mol. The molecule has 6 nitrogen and oxygen atoms in total. The standard InChI is InChI=1S/C21H19FN4O2S2/c1-12(19(28)15-6-7-18-14(10-15)8-9-26(18)13(2)27)29-21-25-24-20(30-21)23-17-5-3-4-16(22)11-17/h3-7,10-12H,8-9H2,1-2H3,(H,23,24). The van der Waals surface area contributed by atoms with Gasteiger partial charge in [0.2, 0.25) is 11.0 Å². The summed E-state index contributed by atoms with van der Waals surface area (Å²) >= 11 is 2.65. The van der Waals surface area contributed by atoms with Crippen LogP contribution in [0.1, 0.15) is 29.8 Å². The van der Waals surface area contributed by atoms with Gasteiger partial charge in [-0.1, -0.05) is 29.2 Å². The van der Waals surface area contributed by atoms with Crippen molar-refractivity contribution in [3.63, 3.8) is 0 Å². The van der Waals surface area contributed by atoms with E-state index in [0.29, 0.717) is 27.3 Å². The van der Waals surface area contributed by atoms with Gasteiger partial charge in [-0.25, -0.2) is 4.39 Å². The second-order valence-electron chi connectivity index (χ2n) is 6.90. The van der Waals surface area contributed by atoms with Gasteiger partial charge in [0.1, 0.15) is 5.82 Å². The van der Waals surface area contributed by atoms with Crippen molar-refractivity contribution >= 4 is 51.3 Å². The van der Waals surface area contributed by atoms with Crippen LogP contribution in [0.25, 0.3) is 0 Å². The Bertz CT molecular complexity index is 1120. The van der Waals surface area contributed by atoms with Gasteiger partial charge in [0.05, 0.1) is 5.25 Å². The molecule has 1 aliphatic rings. The zero-order valence-electron chi connectivity index (χ0n) is 16.4. The lowest BCUT2D eigenvalue weighted by atomic mass is 10.0. The van der Waals surface area contributed by atoms with Crippen molar-refractivity contribution in [1.82, 2.24) is 10.2 Å². The number of rotatable bonds is 6. The fourth-order valence-electron chi connectivity index (χ4n) is 3.32. The fourth-order valence-corrected chi connectivity index (χ4v) is 5.31. The molecule has 2 heterocycles. The number of thioether (sulfide) groups is 1. The van der Waals surface area contributed by atoms with Crippen LogP contribution in [0.4, 0.5) is 20.9 Å². The number of hydrogen-bond donors (Lipinski definition) is 1. The third-order valence-corrected chi connectivity index (χ3v) is 6.79. The molecule has 1 aromatic heterocycles. The fraction of sp³-hybridized carbons (Fsp3) is 0.238. The van der Waals surface area contributed by atoms with Crippen molar-refractivity contribution in [2.75, 3.05) is 16.8 Å². The van der Waals surface area contributed by atoms with E-state index in [4.69, 9.17) is 0 Å². The molecule has 1 amide bonds. The minimum atomic E-state index is -0.344. The van der Waals surface area contributed by atoms with Gasteiger partial charge in [0.25, 0.3) is 0 Å². The molecule has 0 bridgehead atoms. The summed E-state index contributed by atoms with van der Waals surface area (Å²) < 4.78 is 14.0. The number of aromatic nitrogens is 2. The van der Waals surface area contributed by atoms with Crippen LogP contribution in [-0.2, 0) is 11.2 Å². The van der Waals surface area contributed by atoms with E-state index in [1.807, 2.05) is 19.1 Å². The topological polar surface area (TPSA) is 75.2 Å². The second kappa shape index (κ2) is 8.53. The number of anilines is 3. The van der Waals surface area contributed by atoms with Gasteiger partial charge < -0.3 is 10.2 Å². The highest BCUT2D eigenvalue weighted by Gasteiger charge is 2.25. The Morgan fingerprint density at radius 3 is 2.83 bits per heavy atom. The van der Waals surface area contributed by atoms with Crippen LogP contribution in [0.5, 0.6) is 0 Å². The molecule has 1 N–H and O–H groups in total. The SMILES string of the molecule is CC(=O)N1CCc2cc(C(=O)C(C)Sc3nnc(Nc4cccc(F)c4)s3)ccc21. The van der Waals surface area contributed by atoms with Crippen LogP contribution >= 0.6 is 23.1 Å². The zero-order valence-corrected chi connectivity index (χ0v) is 18.0. The maximum atomic E-state index is 13.3. The molecule has 2 aromatic carbocycles. The molecule has 0 aliphatic carbocycles. The number of carbonyl (C=O) groups excluding carboxylic acids is 2. The van der Waals surface area contributed by atoms with Gasteiger partial charge in [0, 0.05) is 30.4 Å². The number of halogens is 1. The van der Waals surface area contributed by atoms with E-state index < -0.39 is 0 Å². The van der Waals surface area contributed by atoms with Gasteiger partial charge in [-0.2, -0.15) is 0 Å². The van der Waals surface area contributed by atoms with Crippen LogP contribution < -0.4 is 10.2 Å². The smallest absolute Gasteiger partial charge is 0.223 e. The lowest BCUT2D eigenvalue weighted by Gasteiger charge is -2.15. The van der Waals surface area contributed by atoms with Crippen molar-refractivity contribution < 1.29 is 14.0 Å². The highest BCUT2D eigenvalue weighted by atomic mass is 32.2. The van der Waals surface area contributed by atoms with Crippen LogP contribution in [0, 0.1) is 5.82 Å². The monoisotopic (exact) mass is 442 g/mol. The number of ketones is 1. The summed E-state index contributed by atoms with van der Waals surface area (Å²) in [5.74, 6) is -0.325. The number of carbonyl (C=O) groups is 2. The van der Waals surface area contributed by atoms with Crippen molar-refractivity contribution in [1.29, 1.82) is 0 Å². The Morgan fingerprint density at radius 2 is 2.07 bits per heavy atom. The maximum Gasteiger partial charge on any atom is 0.223 e. The summed E-state index contributed by atoms with van der Waals surface area (Å²) in [6, 6.07) is 11.6. The Labute approximate surface area is 181 Å². The quantitative estimate of drug-likeness (QED) is 0.441. The summed E-state index contributed by atoms with van der Waals surface area (Å²) in [4.78, 5) is 26.3. The van der Waals surface area contributed by atoms with Crippen molar-refractivity contribution in [3.8, 4) is 0 Å². The predicted molar refractivity (Wildman–Crippen MR) is 117 cm³/mol. The number of fused-ring (bicyclic) bond motifs is 1. The largest absolute Gasteiger partial charge is 0.330 e. The number of amides is 1. The Hall–Kier alpha value is -2.78. The highest BCUT2D eigenvalue weighted by Crippen LogP contribution is 2.33. The molecule has 9 heteroatoms. The number of hydrogen-bond acceptors (Lipinski definition) is 7. The second-order valence-corrected chi connectivity index (χ2v) is 9.46. The number of benzene rings is 2. The molecule has 154 valence electrons. The van der Waals surface area contributed by atoms with Crippen LogP contribution in [0.2, 0.25) is 0 Å². The zero-order chi connectivity index (χ0) is 21.3. The predicted octanol–water partition coefficient (Wildman–Crippen LogP) is 4.69. The molecule has 1 unspecified atom stereocenters. The van der Waals surface area contributed by atoms with Crippen molar-refractivity contribution in [3.05, 3.63) is 59.4 Å². The maximum absolute atomic E-state index is 13.3. The van der Waals surface area contributed by atoms with E-state index in [0.717, 1.165) is 17.7 Å². The third kappa shape index (κ3) is 4.36. The molecule has 0 radical (unpaired) electrons.